The van der Waals surface area contributed by atoms with Crippen LogP contribution in [-0.4, -0.2) is 22.9 Å². The molecule has 0 aliphatic heterocycles. The zero-order chi connectivity index (χ0) is 18.9. The van der Waals surface area contributed by atoms with Gasteiger partial charge < -0.3 is 4.74 Å². The van der Waals surface area contributed by atoms with Gasteiger partial charge in [0.2, 0.25) is 11.3 Å². The van der Waals surface area contributed by atoms with Crippen LogP contribution < -0.4 is 0 Å². The Labute approximate surface area is 160 Å². The summed E-state index contributed by atoms with van der Waals surface area (Å²) in [7, 11) is 0. The van der Waals surface area contributed by atoms with Crippen molar-refractivity contribution < 1.29 is 14.3 Å². The number of halogens is 1. The molecule has 2 aromatic rings. The van der Waals surface area contributed by atoms with E-state index in [-0.39, 0.29) is 12.2 Å². The van der Waals surface area contributed by atoms with E-state index in [0.29, 0.717) is 11.3 Å². The maximum Gasteiger partial charge on any atom is 0.345 e. The third-order valence-corrected chi connectivity index (χ3v) is 4.46. The topological polar surface area (TPSA) is 68.1 Å². The van der Waals surface area contributed by atoms with Crippen molar-refractivity contribution >= 4 is 33.4 Å². The number of benzene rings is 2. The molecule has 0 spiro atoms. The predicted octanol–water partition coefficient (Wildman–Crippen LogP) is 5.05. The van der Waals surface area contributed by atoms with E-state index in [2.05, 4.69) is 26.2 Å². The summed E-state index contributed by atoms with van der Waals surface area (Å²) in [6.07, 6.45) is 0.139. The van der Waals surface area contributed by atoms with E-state index in [4.69, 9.17) is 4.74 Å². The van der Waals surface area contributed by atoms with Crippen LogP contribution in [-0.2, 0) is 16.0 Å². The van der Waals surface area contributed by atoms with Gasteiger partial charge in [0.25, 0.3) is 0 Å². The van der Waals surface area contributed by atoms with Gasteiger partial charge in [0.05, 0.1) is 5.69 Å². The smallest absolute Gasteiger partial charge is 0.345 e. The molecule has 0 amide bonds. The zero-order valence-electron chi connectivity index (χ0n) is 14.8. The Kier molecular flexibility index (Phi) is 4.80. The molecule has 0 N–H and O–H groups in total. The normalized spacial score (nSPS) is 19.6. The second-order valence-electron chi connectivity index (χ2n) is 7.21. The molecule has 6 heteroatoms. The highest BCUT2D eigenvalue weighted by Crippen LogP contribution is 2.37. The lowest BCUT2D eigenvalue weighted by atomic mass is 9.95. The molecular formula is C20H19BrN2O3. The van der Waals surface area contributed by atoms with Gasteiger partial charge in [-0.3, -0.25) is 4.79 Å². The first-order valence-electron chi connectivity index (χ1n) is 8.26. The molecule has 1 atom stereocenters. The average Bonchev–Trinajstić information content (AvgIpc) is 2.86. The SMILES string of the molecule is CC(C)(C)OC(=O)[C@@]1(N=Nc2ccccc2)Cc2ccc(Br)cc2C1=O. The number of hydrogen-bond donors (Lipinski definition) is 0. The lowest BCUT2D eigenvalue weighted by molar-refractivity contribution is -0.159. The first-order valence-corrected chi connectivity index (χ1v) is 9.05. The van der Waals surface area contributed by atoms with Crippen LogP contribution in [0.5, 0.6) is 0 Å². The van der Waals surface area contributed by atoms with Crippen LogP contribution >= 0.6 is 15.9 Å². The quantitative estimate of drug-likeness (QED) is 0.400. The lowest BCUT2D eigenvalue weighted by Crippen LogP contribution is -2.46. The minimum atomic E-state index is -1.69. The Hall–Kier alpha value is -2.34. The monoisotopic (exact) mass is 414 g/mol. The van der Waals surface area contributed by atoms with Crippen molar-refractivity contribution in [2.45, 2.75) is 38.3 Å². The van der Waals surface area contributed by atoms with Crippen molar-refractivity contribution in [2.75, 3.05) is 0 Å². The van der Waals surface area contributed by atoms with E-state index in [1.807, 2.05) is 30.3 Å². The number of carbonyl (C=O) groups excluding carboxylic acids is 2. The Balaban J connectivity index is 2.05. The van der Waals surface area contributed by atoms with Crippen LogP contribution in [0.25, 0.3) is 0 Å². The first kappa shape index (κ1) is 18.5. The van der Waals surface area contributed by atoms with Crippen LogP contribution in [0.3, 0.4) is 0 Å². The summed E-state index contributed by atoms with van der Waals surface area (Å²) in [4.78, 5) is 26.1. The molecule has 0 fully saturated rings. The number of hydrogen-bond acceptors (Lipinski definition) is 5. The highest BCUT2D eigenvalue weighted by atomic mass is 79.9. The summed E-state index contributed by atoms with van der Waals surface area (Å²) in [5.41, 5.74) is -0.623. The van der Waals surface area contributed by atoms with Gasteiger partial charge in [-0.1, -0.05) is 40.2 Å². The lowest BCUT2D eigenvalue weighted by Gasteiger charge is -2.26. The number of nitrogens with zero attached hydrogens (tertiary/aromatic N) is 2. The number of fused-ring (bicyclic) bond motifs is 1. The molecule has 1 aliphatic carbocycles. The van der Waals surface area contributed by atoms with Gasteiger partial charge >= 0.3 is 5.97 Å². The molecule has 3 rings (SSSR count). The molecule has 5 nitrogen and oxygen atoms in total. The Morgan fingerprint density at radius 2 is 1.85 bits per heavy atom. The second-order valence-corrected chi connectivity index (χ2v) is 8.12. The van der Waals surface area contributed by atoms with E-state index < -0.39 is 17.1 Å². The molecule has 0 radical (unpaired) electrons. The highest BCUT2D eigenvalue weighted by molar-refractivity contribution is 9.10. The maximum atomic E-state index is 13.1. The van der Waals surface area contributed by atoms with Gasteiger partial charge in [0.1, 0.15) is 5.60 Å². The summed E-state index contributed by atoms with van der Waals surface area (Å²) < 4.78 is 6.29. The largest absolute Gasteiger partial charge is 0.458 e. The minimum Gasteiger partial charge on any atom is -0.458 e. The van der Waals surface area contributed by atoms with E-state index in [0.717, 1.165) is 10.0 Å². The highest BCUT2D eigenvalue weighted by Gasteiger charge is 2.54. The molecule has 26 heavy (non-hydrogen) atoms. The molecule has 0 saturated carbocycles. The number of ether oxygens (including phenoxy) is 1. The molecule has 0 heterocycles. The number of ketones is 1. The van der Waals surface area contributed by atoms with Crippen molar-refractivity contribution in [3.63, 3.8) is 0 Å². The molecule has 0 bridgehead atoms. The fraction of sp³-hybridized carbons (Fsp3) is 0.300. The number of esters is 1. The second kappa shape index (κ2) is 6.76. The van der Waals surface area contributed by atoms with E-state index in [9.17, 15) is 9.59 Å². The van der Waals surface area contributed by atoms with Gasteiger partial charge in [-0.15, -0.1) is 0 Å². The molecule has 0 saturated heterocycles. The minimum absolute atomic E-state index is 0.139. The molecule has 134 valence electrons. The number of Topliss-reactive ketones (excluding diaryl/α,β-unsaturated/α-hetero) is 1. The first-order chi connectivity index (χ1) is 12.2. The van der Waals surface area contributed by atoms with Gasteiger partial charge in [-0.2, -0.15) is 10.2 Å². The van der Waals surface area contributed by atoms with Crippen LogP contribution in [0, 0.1) is 0 Å². The summed E-state index contributed by atoms with van der Waals surface area (Å²) in [5.74, 6) is -1.07. The standard InChI is InChI=1S/C20H19BrN2O3/c1-19(2,3)26-18(25)20(23-22-15-7-5-4-6-8-15)12-13-9-10-14(21)11-16(13)17(20)24/h4-11H,12H2,1-3H3/t20-/m1/s1. The van der Waals surface area contributed by atoms with E-state index >= 15 is 0 Å². The van der Waals surface area contributed by atoms with Crippen LogP contribution in [0.15, 0.2) is 63.2 Å². The summed E-state index contributed by atoms with van der Waals surface area (Å²) in [5, 5.41) is 8.38. The third-order valence-electron chi connectivity index (χ3n) is 3.97. The summed E-state index contributed by atoms with van der Waals surface area (Å²) >= 11 is 3.37. The van der Waals surface area contributed by atoms with Crippen molar-refractivity contribution in [2.24, 2.45) is 10.2 Å². The van der Waals surface area contributed by atoms with E-state index in [1.54, 1.807) is 39.0 Å². The van der Waals surface area contributed by atoms with Crippen molar-refractivity contribution in [3.05, 3.63) is 64.1 Å². The van der Waals surface area contributed by atoms with Gasteiger partial charge in [0.15, 0.2) is 0 Å². The summed E-state index contributed by atoms with van der Waals surface area (Å²) in [6, 6.07) is 14.4. The average molecular weight is 415 g/mol. The Bertz CT molecular complexity index is 888. The molecule has 0 aromatic heterocycles. The molecular weight excluding hydrogens is 396 g/mol. The predicted molar refractivity (Wildman–Crippen MR) is 102 cm³/mol. The van der Waals surface area contributed by atoms with Crippen molar-refractivity contribution in [1.29, 1.82) is 0 Å². The van der Waals surface area contributed by atoms with Gasteiger partial charge in [-0.05, 0) is 50.6 Å². The number of rotatable bonds is 3. The Morgan fingerprint density at radius 3 is 2.50 bits per heavy atom. The maximum absolute atomic E-state index is 13.1. The van der Waals surface area contributed by atoms with Crippen LogP contribution in [0.4, 0.5) is 5.69 Å². The molecule has 0 unspecified atom stereocenters. The summed E-state index contributed by atoms with van der Waals surface area (Å²) in [6.45, 7) is 5.28. The van der Waals surface area contributed by atoms with Crippen molar-refractivity contribution in [3.8, 4) is 0 Å². The third kappa shape index (κ3) is 3.60. The Morgan fingerprint density at radius 1 is 1.15 bits per heavy atom. The fourth-order valence-corrected chi connectivity index (χ4v) is 3.14. The fourth-order valence-electron chi connectivity index (χ4n) is 2.78. The van der Waals surface area contributed by atoms with Gasteiger partial charge in [0, 0.05) is 16.5 Å². The molecule has 1 aliphatic rings. The van der Waals surface area contributed by atoms with Crippen LogP contribution in [0.2, 0.25) is 0 Å². The zero-order valence-corrected chi connectivity index (χ0v) is 16.4. The van der Waals surface area contributed by atoms with Gasteiger partial charge in [-0.25, -0.2) is 4.79 Å². The van der Waals surface area contributed by atoms with E-state index in [1.165, 1.54) is 0 Å². The van der Waals surface area contributed by atoms with Crippen LogP contribution in [0.1, 0.15) is 36.7 Å². The molecule has 2 aromatic carbocycles. The van der Waals surface area contributed by atoms with Crippen molar-refractivity contribution in [1.82, 2.24) is 0 Å². The number of azo groups is 1. The number of carbonyl (C=O) groups is 2.